The van der Waals surface area contributed by atoms with E-state index in [0.717, 1.165) is 22.4 Å². The van der Waals surface area contributed by atoms with Crippen molar-refractivity contribution in [3.05, 3.63) is 60.8 Å². The van der Waals surface area contributed by atoms with E-state index in [2.05, 4.69) is 15.3 Å². The van der Waals surface area contributed by atoms with Crippen LogP contribution < -0.4 is 10.5 Å². The number of aromatic nitrogens is 4. The summed E-state index contributed by atoms with van der Waals surface area (Å²) in [5.41, 5.74) is 10.2. The zero-order valence-electron chi connectivity index (χ0n) is 13.0. The lowest BCUT2D eigenvalue weighted by atomic mass is 10.1. The number of hydrogen-bond acceptors (Lipinski definition) is 5. The molecule has 4 aromatic rings. The summed E-state index contributed by atoms with van der Waals surface area (Å²) >= 11 is 0. The van der Waals surface area contributed by atoms with Gasteiger partial charge in [0, 0.05) is 11.1 Å². The number of hydrogen-bond donors (Lipinski definition) is 1. The van der Waals surface area contributed by atoms with Gasteiger partial charge in [0.25, 0.3) is 0 Å². The zero-order chi connectivity index (χ0) is 16.5. The Bertz CT molecular complexity index is 1010. The number of methoxy groups -OCH3 is 1. The minimum atomic E-state index is 0.440. The highest BCUT2D eigenvalue weighted by atomic mass is 16.5. The Morgan fingerprint density at radius 2 is 1.75 bits per heavy atom. The molecule has 0 fully saturated rings. The molecule has 0 spiro atoms. The summed E-state index contributed by atoms with van der Waals surface area (Å²) in [6.45, 7) is 0. The molecule has 0 saturated carbocycles. The summed E-state index contributed by atoms with van der Waals surface area (Å²) in [6.07, 6.45) is 1.76. The molecular formula is C18H15N5O. The summed E-state index contributed by atoms with van der Waals surface area (Å²) in [5, 5.41) is 13.0. The minimum Gasteiger partial charge on any atom is -0.497 e. The van der Waals surface area contributed by atoms with Crippen LogP contribution in [0.1, 0.15) is 0 Å². The molecule has 0 saturated heterocycles. The maximum atomic E-state index is 6.29. The van der Waals surface area contributed by atoms with E-state index in [1.165, 1.54) is 0 Å². The fraction of sp³-hybridized carbons (Fsp3) is 0.0556. The van der Waals surface area contributed by atoms with Crippen molar-refractivity contribution < 1.29 is 4.74 Å². The predicted molar refractivity (Wildman–Crippen MR) is 92.6 cm³/mol. The Kier molecular flexibility index (Phi) is 3.35. The van der Waals surface area contributed by atoms with E-state index in [9.17, 15) is 0 Å². The second kappa shape index (κ2) is 5.66. The summed E-state index contributed by atoms with van der Waals surface area (Å²) in [6, 6.07) is 17.5. The van der Waals surface area contributed by atoms with Gasteiger partial charge in [0.2, 0.25) is 0 Å². The Morgan fingerprint density at radius 1 is 0.958 bits per heavy atom. The van der Waals surface area contributed by atoms with E-state index >= 15 is 0 Å². The van der Waals surface area contributed by atoms with Gasteiger partial charge in [-0.15, -0.1) is 10.2 Å². The first kappa shape index (κ1) is 14.2. The van der Waals surface area contributed by atoms with E-state index in [1.807, 2.05) is 54.6 Å². The second-order valence-electron chi connectivity index (χ2n) is 5.33. The largest absolute Gasteiger partial charge is 0.497 e. The van der Waals surface area contributed by atoms with Crippen LogP contribution in [0.4, 0.5) is 5.82 Å². The quantitative estimate of drug-likeness (QED) is 0.628. The molecule has 0 aliphatic rings. The van der Waals surface area contributed by atoms with E-state index in [0.29, 0.717) is 17.2 Å². The van der Waals surface area contributed by atoms with Crippen LogP contribution >= 0.6 is 0 Å². The highest BCUT2D eigenvalue weighted by molar-refractivity contribution is 5.80. The van der Waals surface area contributed by atoms with Crippen molar-refractivity contribution in [2.45, 2.75) is 0 Å². The maximum Gasteiger partial charge on any atom is 0.187 e. The number of rotatable bonds is 3. The van der Waals surface area contributed by atoms with Crippen molar-refractivity contribution in [2.75, 3.05) is 12.8 Å². The molecule has 2 N–H and O–H groups in total. The molecule has 0 bridgehead atoms. The Morgan fingerprint density at radius 3 is 2.54 bits per heavy atom. The van der Waals surface area contributed by atoms with Crippen LogP contribution in [-0.2, 0) is 0 Å². The molecule has 2 aromatic carbocycles. The van der Waals surface area contributed by atoms with Crippen LogP contribution in [0.5, 0.6) is 5.75 Å². The minimum absolute atomic E-state index is 0.440. The summed E-state index contributed by atoms with van der Waals surface area (Å²) in [7, 11) is 1.62. The van der Waals surface area contributed by atoms with Crippen molar-refractivity contribution in [3.8, 4) is 28.1 Å². The lowest BCUT2D eigenvalue weighted by Crippen LogP contribution is -2.05. The molecule has 6 heteroatoms. The van der Waals surface area contributed by atoms with E-state index in [-0.39, 0.29) is 0 Å². The van der Waals surface area contributed by atoms with E-state index < -0.39 is 0 Å². The molecule has 2 aromatic heterocycles. The number of fused-ring (bicyclic) bond motifs is 1. The molecule has 6 nitrogen and oxygen atoms in total. The molecule has 0 atom stereocenters. The average Bonchev–Trinajstić information content (AvgIpc) is 3.08. The zero-order valence-corrected chi connectivity index (χ0v) is 13.0. The standard InChI is InChI=1S/C18H15N5O/c1-24-14-9-5-8-13(10-14)16-17(19)23-18(22-21-16)15(11-20-23)12-6-3-2-4-7-12/h2-11H,19H2,1H3. The number of benzene rings is 2. The van der Waals surface area contributed by atoms with Gasteiger partial charge >= 0.3 is 0 Å². The first-order chi connectivity index (χ1) is 11.8. The number of anilines is 1. The molecule has 0 amide bonds. The Labute approximate surface area is 138 Å². The first-order valence-electron chi connectivity index (χ1n) is 7.47. The molecule has 0 aliphatic carbocycles. The van der Waals surface area contributed by atoms with Gasteiger partial charge in [-0.3, -0.25) is 0 Å². The lowest BCUT2D eigenvalue weighted by Gasteiger charge is -2.07. The molecule has 24 heavy (non-hydrogen) atoms. The molecule has 0 radical (unpaired) electrons. The number of nitrogen functional groups attached to an aromatic ring is 1. The van der Waals surface area contributed by atoms with Crippen molar-refractivity contribution >= 4 is 11.5 Å². The van der Waals surface area contributed by atoms with Gasteiger partial charge in [-0.05, 0) is 17.7 Å². The monoisotopic (exact) mass is 317 g/mol. The third-order valence-corrected chi connectivity index (χ3v) is 3.89. The van der Waals surface area contributed by atoms with Gasteiger partial charge in [-0.2, -0.15) is 9.61 Å². The normalized spacial score (nSPS) is 10.9. The molecule has 0 unspecified atom stereocenters. The van der Waals surface area contributed by atoms with Crippen LogP contribution in [-0.4, -0.2) is 26.9 Å². The maximum absolute atomic E-state index is 6.29. The fourth-order valence-corrected chi connectivity index (χ4v) is 2.66. The smallest absolute Gasteiger partial charge is 0.187 e. The van der Waals surface area contributed by atoms with Gasteiger partial charge in [0.15, 0.2) is 11.5 Å². The second-order valence-corrected chi connectivity index (χ2v) is 5.33. The van der Waals surface area contributed by atoms with Crippen LogP contribution in [0.2, 0.25) is 0 Å². The number of ether oxygens (including phenoxy) is 1. The first-order valence-corrected chi connectivity index (χ1v) is 7.47. The average molecular weight is 317 g/mol. The van der Waals surface area contributed by atoms with Crippen LogP contribution in [0.15, 0.2) is 60.8 Å². The van der Waals surface area contributed by atoms with Crippen molar-refractivity contribution in [2.24, 2.45) is 0 Å². The summed E-state index contributed by atoms with van der Waals surface area (Å²) in [4.78, 5) is 0. The van der Waals surface area contributed by atoms with Gasteiger partial charge < -0.3 is 10.5 Å². The van der Waals surface area contributed by atoms with Crippen LogP contribution in [0.3, 0.4) is 0 Å². The Hall–Kier alpha value is -3.41. The summed E-state index contributed by atoms with van der Waals surface area (Å²) < 4.78 is 6.87. The van der Waals surface area contributed by atoms with Crippen molar-refractivity contribution in [1.29, 1.82) is 0 Å². The van der Waals surface area contributed by atoms with Crippen molar-refractivity contribution in [3.63, 3.8) is 0 Å². The molecule has 2 heterocycles. The van der Waals surface area contributed by atoms with E-state index in [4.69, 9.17) is 10.5 Å². The van der Waals surface area contributed by atoms with E-state index in [1.54, 1.807) is 17.8 Å². The number of nitrogens with two attached hydrogens (primary N) is 1. The third-order valence-electron chi connectivity index (χ3n) is 3.89. The summed E-state index contributed by atoms with van der Waals surface area (Å²) in [5.74, 6) is 1.18. The topological polar surface area (TPSA) is 78.3 Å². The van der Waals surface area contributed by atoms with Gasteiger partial charge in [-0.25, -0.2) is 0 Å². The highest BCUT2D eigenvalue weighted by Gasteiger charge is 2.15. The SMILES string of the molecule is COc1cccc(-c2nnc3c(-c4ccccc4)cnn3c2N)c1. The highest BCUT2D eigenvalue weighted by Crippen LogP contribution is 2.29. The van der Waals surface area contributed by atoms with Crippen LogP contribution in [0.25, 0.3) is 28.0 Å². The number of nitrogens with zero attached hydrogens (tertiary/aromatic N) is 4. The van der Waals surface area contributed by atoms with Crippen LogP contribution in [0, 0.1) is 0 Å². The van der Waals surface area contributed by atoms with Gasteiger partial charge in [0.1, 0.15) is 11.4 Å². The third kappa shape index (κ3) is 2.25. The molecule has 4 rings (SSSR count). The lowest BCUT2D eigenvalue weighted by molar-refractivity contribution is 0.415. The molecule has 0 aliphatic heterocycles. The molecule has 118 valence electrons. The fourth-order valence-electron chi connectivity index (χ4n) is 2.66. The van der Waals surface area contributed by atoms with Gasteiger partial charge in [0.05, 0.1) is 13.3 Å². The molecular weight excluding hydrogens is 302 g/mol. The Balaban J connectivity index is 1.88. The van der Waals surface area contributed by atoms with Gasteiger partial charge in [-0.1, -0.05) is 42.5 Å². The predicted octanol–water partition coefficient (Wildman–Crippen LogP) is 3.05. The van der Waals surface area contributed by atoms with Crippen molar-refractivity contribution in [1.82, 2.24) is 19.8 Å².